The fraction of sp³-hybridized carbons (Fsp3) is 0.533. The molecule has 0 amide bonds. The van der Waals surface area contributed by atoms with Crippen molar-refractivity contribution in [3.63, 3.8) is 0 Å². The summed E-state index contributed by atoms with van der Waals surface area (Å²) in [6, 6.07) is 3.53. The standard InChI is InChI=1S/C15H20FNO5S/c1-10-7-12(5-6-13(10)16)23(19,20)17(2)15(14(18)22-4)8-11(9-15)21-3/h5-7,11H,8-9H2,1-4H3. The highest BCUT2D eigenvalue weighted by atomic mass is 32.2. The number of halogens is 1. The summed E-state index contributed by atoms with van der Waals surface area (Å²) in [6.07, 6.45) is 0.222. The molecule has 0 aromatic heterocycles. The second kappa shape index (κ2) is 6.18. The quantitative estimate of drug-likeness (QED) is 0.756. The molecule has 0 heterocycles. The number of nitrogens with zero attached hydrogens (tertiary/aromatic N) is 1. The van der Waals surface area contributed by atoms with Gasteiger partial charge in [-0.05, 0) is 30.7 Å². The SMILES string of the molecule is COC(=O)C1(N(C)S(=O)(=O)c2ccc(F)c(C)c2)CC(OC)C1. The highest BCUT2D eigenvalue weighted by molar-refractivity contribution is 7.89. The first kappa shape index (κ1) is 17.8. The zero-order valence-electron chi connectivity index (χ0n) is 13.5. The van der Waals surface area contributed by atoms with Gasteiger partial charge in [0.05, 0.1) is 18.1 Å². The van der Waals surface area contributed by atoms with Gasteiger partial charge in [0.2, 0.25) is 10.0 Å². The first-order chi connectivity index (χ1) is 10.7. The van der Waals surface area contributed by atoms with E-state index in [4.69, 9.17) is 9.47 Å². The summed E-state index contributed by atoms with van der Waals surface area (Å²) in [5.41, 5.74) is -1.08. The molecule has 23 heavy (non-hydrogen) atoms. The van der Waals surface area contributed by atoms with Crippen molar-refractivity contribution in [2.24, 2.45) is 0 Å². The van der Waals surface area contributed by atoms with E-state index in [2.05, 4.69) is 0 Å². The lowest BCUT2D eigenvalue weighted by Gasteiger charge is -2.48. The van der Waals surface area contributed by atoms with Crippen molar-refractivity contribution in [2.45, 2.75) is 36.3 Å². The Morgan fingerprint density at radius 2 is 1.96 bits per heavy atom. The molecule has 6 nitrogen and oxygen atoms in total. The Morgan fingerprint density at radius 1 is 1.35 bits per heavy atom. The van der Waals surface area contributed by atoms with Gasteiger partial charge in [0.1, 0.15) is 11.4 Å². The summed E-state index contributed by atoms with van der Waals surface area (Å²) in [4.78, 5) is 12.1. The van der Waals surface area contributed by atoms with Gasteiger partial charge in [0, 0.05) is 27.0 Å². The fourth-order valence-corrected chi connectivity index (χ4v) is 4.33. The Kier molecular flexibility index (Phi) is 4.79. The molecule has 1 aliphatic rings. The largest absolute Gasteiger partial charge is 0.468 e. The first-order valence-corrected chi connectivity index (χ1v) is 8.49. The van der Waals surface area contributed by atoms with E-state index in [1.54, 1.807) is 0 Å². The molecule has 0 atom stereocenters. The fourth-order valence-electron chi connectivity index (χ4n) is 2.77. The van der Waals surface area contributed by atoms with Crippen LogP contribution in [0.15, 0.2) is 23.1 Å². The first-order valence-electron chi connectivity index (χ1n) is 7.05. The van der Waals surface area contributed by atoms with Crippen LogP contribution in [0.25, 0.3) is 0 Å². The van der Waals surface area contributed by atoms with E-state index < -0.39 is 27.3 Å². The molecule has 0 radical (unpaired) electrons. The van der Waals surface area contributed by atoms with Crippen LogP contribution in [-0.4, -0.2) is 51.6 Å². The van der Waals surface area contributed by atoms with E-state index >= 15 is 0 Å². The molecule has 1 aliphatic carbocycles. The lowest BCUT2D eigenvalue weighted by Crippen LogP contribution is -2.65. The van der Waals surface area contributed by atoms with Gasteiger partial charge in [0.25, 0.3) is 0 Å². The molecule has 0 spiro atoms. The summed E-state index contributed by atoms with van der Waals surface area (Å²) in [6.45, 7) is 1.48. The number of hydrogen-bond acceptors (Lipinski definition) is 5. The molecule has 0 saturated heterocycles. The van der Waals surface area contributed by atoms with Gasteiger partial charge in [-0.15, -0.1) is 0 Å². The topological polar surface area (TPSA) is 72.9 Å². The van der Waals surface area contributed by atoms with Gasteiger partial charge in [-0.25, -0.2) is 12.8 Å². The van der Waals surface area contributed by atoms with Crippen molar-refractivity contribution in [3.8, 4) is 0 Å². The van der Waals surface area contributed by atoms with Crippen LogP contribution in [-0.2, 0) is 24.3 Å². The third-order valence-corrected chi connectivity index (χ3v) is 6.34. The number of methoxy groups -OCH3 is 2. The van der Waals surface area contributed by atoms with Crippen LogP contribution in [0, 0.1) is 12.7 Å². The van der Waals surface area contributed by atoms with E-state index in [0.29, 0.717) is 0 Å². The molecule has 0 N–H and O–H groups in total. The van der Waals surface area contributed by atoms with Crippen LogP contribution >= 0.6 is 0 Å². The summed E-state index contributed by atoms with van der Waals surface area (Å²) in [5.74, 6) is -1.12. The van der Waals surface area contributed by atoms with Crippen molar-refractivity contribution in [1.29, 1.82) is 0 Å². The molecule has 1 fully saturated rings. The van der Waals surface area contributed by atoms with Crippen molar-refractivity contribution in [3.05, 3.63) is 29.6 Å². The van der Waals surface area contributed by atoms with E-state index in [1.807, 2.05) is 0 Å². The Balaban J connectivity index is 2.41. The molecular formula is C15H20FNO5S. The monoisotopic (exact) mass is 345 g/mol. The Bertz CT molecular complexity index is 713. The maximum atomic E-state index is 13.4. The minimum atomic E-state index is -3.97. The second-order valence-corrected chi connectivity index (χ2v) is 7.64. The van der Waals surface area contributed by atoms with Gasteiger partial charge in [-0.3, -0.25) is 4.79 Å². The van der Waals surface area contributed by atoms with Crippen LogP contribution in [0.1, 0.15) is 18.4 Å². The minimum absolute atomic E-state index is 0.0666. The summed E-state index contributed by atoms with van der Waals surface area (Å²) in [5, 5.41) is 0. The number of rotatable bonds is 5. The Labute approximate surface area is 135 Å². The Morgan fingerprint density at radius 3 is 2.43 bits per heavy atom. The summed E-state index contributed by atoms with van der Waals surface area (Å²) < 4.78 is 49.9. The molecule has 2 rings (SSSR count). The molecule has 1 aromatic carbocycles. The highest BCUT2D eigenvalue weighted by Crippen LogP contribution is 2.42. The lowest BCUT2D eigenvalue weighted by atomic mass is 9.74. The minimum Gasteiger partial charge on any atom is -0.468 e. The van der Waals surface area contributed by atoms with Crippen LogP contribution < -0.4 is 0 Å². The van der Waals surface area contributed by atoms with Crippen LogP contribution in [0.4, 0.5) is 4.39 Å². The number of hydrogen-bond donors (Lipinski definition) is 0. The number of carbonyl (C=O) groups is 1. The molecular weight excluding hydrogens is 325 g/mol. The molecule has 8 heteroatoms. The molecule has 1 saturated carbocycles. The number of carbonyl (C=O) groups excluding carboxylic acids is 1. The van der Waals surface area contributed by atoms with Crippen molar-refractivity contribution < 1.29 is 27.1 Å². The van der Waals surface area contributed by atoms with Crippen LogP contribution in [0.5, 0.6) is 0 Å². The smallest absolute Gasteiger partial charge is 0.327 e. The molecule has 1 aromatic rings. The van der Waals surface area contributed by atoms with Crippen molar-refractivity contribution in [2.75, 3.05) is 21.3 Å². The van der Waals surface area contributed by atoms with E-state index in [9.17, 15) is 17.6 Å². The lowest BCUT2D eigenvalue weighted by molar-refractivity contribution is -0.166. The average molecular weight is 345 g/mol. The van der Waals surface area contributed by atoms with Gasteiger partial charge in [0.15, 0.2) is 0 Å². The Hall–Kier alpha value is -1.51. The van der Waals surface area contributed by atoms with Gasteiger partial charge >= 0.3 is 5.97 Å². The third kappa shape index (κ3) is 2.86. The molecule has 0 bridgehead atoms. The van der Waals surface area contributed by atoms with Gasteiger partial charge in [-0.2, -0.15) is 4.31 Å². The summed E-state index contributed by atoms with van der Waals surface area (Å²) >= 11 is 0. The number of sulfonamides is 1. The van der Waals surface area contributed by atoms with Gasteiger partial charge < -0.3 is 9.47 Å². The van der Waals surface area contributed by atoms with Crippen molar-refractivity contribution in [1.82, 2.24) is 4.31 Å². The normalized spacial score (nSPS) is 24.3. The van der Waals surface area contributed by atoms with Crippen LogP contribution in [0.3, 0.4) is 0 Å². The van der Waals surface area contributed by atoms with E-state index in [0.717, 1.165) is 10.4 Å². The predicted molar refractivity (Wildman–Crippen MR) is 80.9 cm³/mol. The number of ether oxygens (including phenoxy) is 2. The molecule has 0 unspecified atom stereocenters. The summed E-state index contributed by atoms with van der Waals surface area (Å²) in [7, 11) is 0.0756. The number of benzene rings is 1. The van der Waals surface area contributed by atoms with E-state index in [-0.39, 0.29) is 29.4 Å². The number of esters is 1. The number of likely N-dealkylation sites (N-methyl/N-ethyl adjacent to an activating group) is 1. The third-order valence-electron chi connectivity index (χ3n) is 4.42. The maximum absolute atomic E-state index is 13.4. The van der Waals surface area contributed by atoms with Crippen LogP contribution in [0.2, 0.25) is 0 Å². The molecule has 0 aliphatic heterocycles. The zero-order valence-corrected chi connectivity index (χ0v) is 14.3. The number of aryl methyl sites for hydroxylation is 1. The highest BCUT2D eigenvalue weighted by Gasteiger charge is 2.58. The average Bonchev–Trinajstić information content (AvgIpc) is 2.48. The zero-order chi connectivity index (χ0) is 17.4. The predicted octanol–water partition coefficient (Wildman–Crippen LogP) is 1.48. The molecule has 128 valence electrons. The second-order valence-electron chi connectivity index (χ2n) is 5.67. The maximum Gasteiger partial charge on any atom is 0.327 e. The van der Waals surface area contributed by atoms with E-state index in [1.165, 1.54) is 40.3 Å². The van der Waals surface area contributed by atoms with Gasteiger partial charge in [-0.1, -0.05) is 0 Å². The van der Waals surface area contributed by atoms with Crippen molar-refractivity contribution >= 4 is 16.0 Å².